The van der Waals surface area contributed by atoms with E-state index in [0.29, 0.717) is 12.1 Å². The van der Waals surface area contributed by atoms with E-state index >= 15 is 0 Å². The van der Waals surface area contributed by atoms with Crippen molar-refractivity contribution in [1.29, 1.82) is 0 Å². The molecule has 4 rings (SSSR count). The molecule has 2 saturated heterocycles. The van der Waals surface area contributed by atoms with Gasteiger partial charge in [0, 0.05) is 37.5 Å². The van der Waals surface area contributed by atoms with Crippen LogP contribution in [0.1, 0.15) is 67.4 Å². The molecule has 2 N–H and O–H groups in total. The summed E-state index contributed by atoms with van der Waals surface area (Å²) in [5.74, 6) is -1.29. The second-order valence-corrected chi connectivity index (χ2v) is 8.63. The molecule has 3 unspecified atom stereocenters. The summed E-state index contributed by atoms with van der Waals surface area (Å²) < 4.78 is 0. The first-order chi connectivity index (χ1) is 15.4. The predicted molar refractivity (Wildman–Crippen MR) is 114 cm³/mol. The number of rotatable bonds is 6. The summed E-state index contributed by atoms with van der Waals surface area (Å²) in [6.07, 6.45) is 3.04. The Morgan fingerprint density at radius 3 is 2.59 bits per heavy atom. The maximum absolute atomic E-state index is 13.1. The molecular formula is C23H28N4O5. The van der Waals surface area contributed by atoms with Crippen LogP contribution in [-0.2, 0) is 19.2 Å². The van der Waals surface area contributed by atoms with Crippen molar-refractivity contribution in [3.8, 4) is 0 Å². The van der Waals surface area contributed by atoms with Crippen LogP contribution in [0.2, 0.25) is 0 Å². The Bertz CT molecular complexity index is 945. The van der Waals surface area contributed by atoms with E-state index in [0.717, 1.165) is 29.7 Å². The number of nitrogens with zero attached hydrogens (tertiary/aromatic N) is 2. The lowest BCUT2D eigenvalue weighted by Crippen LogP contribution is -2.53. The first kappa shape index (κ1) is 22.0. The minimum absolute atomic E-state index is 0.0658. The van der Waals surface area contributed by atoms with E-state index in [2.05, 4.69) is 10.6 Å². The topological polar surface area (TPSA) is 116 Å². The third-order valence-corrected chi connectivity index (χ3v) is 6.58. The number of hydrogen-bond donors (Lipinski definition) is 2. The van der Waals surface area contributed by atoms with Crippen molar-refractivity contribution in [3.05, 3.63) is 35.4 Å². The molecule has 9 nitrogen and oxygen atoms in total. The maximum atomic E-state index is 13.1. The number of fused-ring (bicyclic) bond motifs is 1. The average Bonchev–Trinajstić information content (AvgIpc) is 3.30. The minimum atomic E-state index is -0.865. The third-order valence-electron chi connectivity index (χ3n) is 6.58. The zero-order valence-electron chi connectivity index (χ0n) is 18.1. The van der Waals surface area contributed by atoms with Gasteiger partial charge in [-0.15, -0.1) is 0 Å². The number of benzene rings is 1. The standard InChI is InChI=1S/C23H28N4O5/c1-14(27-19(28)9-10-20(27)29)22(31)24-13-15-6-4-5-11-26(15)21(30)12-18-16-7-2-3-8-17(16)23(32)25-18/h2-3,7-8,14-15,18H,4-6,9-13H2,1H3,(H,24,31)(H,25,32). The normalized spacial score (nSPS) is 23.7. The van der Waals surface area contributed by atoms with Crippen LogP contribution in [0, 0.1) is 0 Å². The van der Waals surface area contributed by atoms with Crippen LogP contribution in [0.4, 0.5) is 0 Å². The highest BCUT2D eigenvalue weighted by Gasteiger charge is 2.37. The van der Waals surface area contributed by atoms with Gasteiger partial charge < -0.3 is 15.5 Å². The lowest BCUT2D eigenvalue weighted by atomic mass is 9.98. The van der Waals surface area contributed by atoms with E-state index in [-0.39, 0.29) is 61.5 Å². The molecule has 1 aromatic carbocycles. The summed E-state index contributed by atoms with van der Waals surface area (Å²) in [6.45, 7) is 2.40. The molecule has 5 amide bonds. The predicted octanol–water partition coefficient (Wildman–Crippen LogP) is 0.896. The molecule has 0 spiro atoms. The number of carbonyl (C=O) groups is 5. The van der Waals surface area contributed by atoms with Gasteiger partial charge in [0.05, 0.1) is 12.5 Å². The smallest absolute Gasteiger partial charge is 0.252 e. The number of carbonyl (C=O) groups excluding carboxylic acids is 5. The third kappa shape index (κ3) is 4.24. The zero-order valence-corrected chi connectivity index (χ0v) is 18.1. The highest BCUT2D eigenvalue weighted by atomic mass is 16.2. The Morgan fingerprint density at radius 1 is 1.12 bits per heavy atom. The molecule has 2 fully saturated rings. The van der Waals surface area contributed by atoms with Crippen molar-refractivity contribution < 1.29 is 24.0 Å². The van der Waals surface area contributed by atoms with E-state index < -0.39 is 11.9 Å². The summed E-state index contributed by atoms with van der Waals surface area (Å²) in [5, 5.41) is 5.71. The Hall–Kier alpha value is -3.23. The Morgan fingerprint density at radius 2 is 1.84 bits per heavy atom. The second kappa shape index (κ2) is 9.10. The summed E-state index contributed by atoms with van der Waals surface area (Å²) in [5.41, 5.74) is 1.44. The van der Waals surface area contributed by atoms with Crippen LogP contribution in [0.25, 0.3) is 0 Å². The molecule has 0 saturated carbocycles. The van der Waals surface area contributed by atoms with E-state index in [1.165, 1.54) is 0 Å². The lowest BCUT2D eigenvalue weighted by molar-refractivity contribution is -0.146. The van der Waals surface area contributed by atoms with Crippen molar-refractivity contribution in [1.82, 2.24) is 20.4 Å². The fourth-order valence-electron chi connectivity index (χ4n) is 4.82. The van der Waals surface area contributed by atoms with Gasteiger partial charge in [0.2, 0.25) is 23.6 Å². The molecule has 3 aliphatic rings. The van der Waals surface area contributed by atoms with Crippen LogP contribution in [0.5, 0.6) is 0 Å². The molecule has 32 heavy (non-hydrogen) atoms. The first-order valence-corrected chi connectivity index (χ1v) is 11.2. The van der Waals surface area contributed by atoms with Gasteiger partial charge in [-0.05, 0) is 37.8 Å². The number of likely N-dealkylation sites (tertiary alicyclic amines) is 2. The van der Waals surface area contributed by atoms with Crippen molar-refractivity contribution >= 4 is 29.5 Å². The van der Waals surface area contributed by atoms with Gasteiger partial charge in [-0.3, -0.25) is 28.9 Å². The van der Waals surface area contributed by atoms with Gasteiger partial charge in [0.25, 0.3) is 5.91 Å². The molecule has 3 atom stereocenters. The van der Waals surface area contributed by atoms with Crippen molar-refractivity contribution in [3.63, 3.8) is 0 Å². The highest BCUT2D eigenvalue weighted by molar-refractivity contribution is 6.05. The number of nitrogens with one attached hydrogen (secondary N) is 2. The minimum Gasteiger partial charge on any atom is -0.352 e. The first-order valence-electron chi connectivity index (χ1n) is 11.2. The van der Waals surface area contributed by atoms with E-state index in [9.17, 15) is 24.0 Å². The average molecular weight is 441 g/mol. The molecule has 170 valence electrons. The number of hydrogen-bond acceptors (Lipinski definition) is 5. The molecule has 0 aliphatic carbocycles. The van der Waals surface area contributed by atoms with Crippen LogP contribution in [0.3, 0.4) is 0 Å². The molecule has 0 bridgehead atoms. The van der Waals surface area contributed by atoms with Crippen LogP contribution in [-0.4, -0.2) is 64.5 Å². The molecule has 9 heteroatoms. The van der Waals surface area contributed by atoms with Crippen molar-refractivity contribution in [2.75, 3.05) is 13.1 Å². The molecular weight excluding hydrogens is 412 g/mol. The quantitative estimate of drug-likeness (QED) is 0.638. The Labute approximate surface area is 186 Å². The number of amides is 5. The molecule has 0 radical (unpaired) electrons. The van der Waals surface area contributed by atoms with Gasteiger partial charge in [-0.25, -0.2) is 0 Å². The fourth-order valence-corrected chi connectivity index (χ4v) is 4.82. The summed E-state index contributed by atoms with van der Waals surface area (Å²) >= 11 is 0. The van der Waals surface area contributed by atoms with Crippen molar-refractivity contribution in [2.45, 2.75) is 63.6 Å². The summed E-state index contributed by atoms with van der Waals surface area (Å²) in [6, 6.07) is 5.89. The van der Waals surface area contributed by atoms with Gasteiger partial charge in [-0.1, -0.05) is 18.2 Å². The zero-order chi connectivity index (χ0) is 22.8. The molecule has 3 heterocycles. The van der Waals surface area contributed by atoms with Gasteiger partial charge in [-0.2, -0.15) is 0 Å². The van der Waals surface area contributed by atoms with Gasteiger partial charge >= 0.3 is 0 Å². The maximum Gasteiger partial charge on any atom is 0.252 e. The Kier molecular flexibility index (Phi) is 6.25. The fraction of sp³-hybridized carbons (Fsp3) is 0.522. The van der Waals surface area contributed by atoms with Gasteiger partial charge in [0.1, 0.15) is 6.04 Å². The lowest BCUT2D eigenvalue weighted by Gasteiger charge is -2.37. The van der Waals surface area contributed by atoms with E-state index in [1.807, 2.05) is 12.1 Å². The van der Waals surface area contributed by atoms with E-state index in [4.69, 9.17) is 0 Å². The van der Waals surface area contributed by atoms with Crippen LogP contribution >= 0.6 is 0 Å². The van der Waals surface area contributed by atoms with Crippen molar-refractivity contribution in [2.24, 2.45) is 0 Å². The molecule has 1 aromatic rings. The van der Waals surface area contributed by atoms with Crippen LogP contribution < -0.4 is 10.6 Å². The highest BCUT2D eigenvalue weighted by Crippen LogP contribution is 2.29. The van der Waals surface area contributed by atoms with Crippen LogP contribution in [0.15, 0.2) is 24.3 Å². The Balaban J connectivity index is 1.36. The number of imide groups is 1. The van der Waals surface area contributed by atoms with Gasteiger partial charge in [0.15, 0.2) is 0 Å². The molecule has 3 aliphatic heterocycles. The summed E-state index contributed by atoms with van der Waals surface area (Å²) in [7, 11) is 0. The van der Waals surface area contributed by atoms with E-state index in [1.54, 1.807) is 24.0 Å². The monoisotopic (exact) mass is 440 g/mol. The summed E-state index contributed by atoms with van der Waals surface area (Å²) in [4.78, 5) is 64.5. The second-order valence-electron chi connectivity index (χ2n) is 8.63. The SMILES string of the molecule is CC(C(=O)NCC1CCCCN1C(=O)CC1NC(=O)c2ccccc21)N1C(=O)CCC1=O. The largest absolute Gasteiger partial charge is 0.352 e. The molecule has 0 aromatic heterocycles. The number of piperidine rings is 1.